The van der Waals surface area contributed by atoms with Crippen molar-refractivity contribution >= 4 is 16.7 Å². The van der Waals surface area contributed by atoms with Gasteiger partial charge in [0.05, 0.1) is 0 Å². The Morgan fingerprint density at radius 3 is 1.91 bits per heavy atom. The first-order chi connectivity index (χ1) is 11.4. The molecular formula is C22H16S. The molecule has 0 nitrogen and oxygen atoms in total. The smallest absolute Gasteiger partial charge is 0.0278 e. The Morgan fingerprint density at radius 2 is 1.26 bits per heavy atom. The molecule has 0 heterocycles. The number of allylic oxidation sites excluding steroid dienone is 1. The Balaban J connectivity index is 1.89. The number of rotatable bonds is 3. The third-order valence-electron chi connectivity index (χ3n) is 3.22. The highest BCUT2D eigenvalue weighted by Gasteiger charge is 2.02. The Bertz CT molecular complexity index is 823. The molecule has 0 saturated heterocycles. The van der Waals surface area contributed by atoms with Gasteiger partial charge in [0.1, 0.15) is 0 Å². The molecule has 0 spiro atoms. The third kappa shape index (κ3) is 4.64. The summed E-state index contributed by atoms with van der Waals surface area (Å²) in [6.07, 6.45) is 2.00. The van der Waals surface area contributed by atoms with Crippen LogP contribution < -0.4 is 0 Å². The summed E-state index contributed by atoms with van der Waals surface area (Å²) in [7, 11) is 0. The van der Waals surface area contributed by atoms with Crippen LogP contribution in [0, 0.1) is 11.8 Å². The summed E-state index contributed by atoms with van der Waals surface area (Å²) in [5.74, 6) is 6.38. The van der Waals surface area contributed by atoms with Crippen LogP contribution in [0.3, 0.4) is 0 Å². The third-order valence-corrected chi connectivity index (χ3v) is 4.30. The van der Waals surface area contributed by atoms with Crippen molar-refractivity contribution in [3.63, 3.8) is 0 Å². The summed E-state index contributed by atoms with van der Waals surface area (Å²) in [5, 5.41) is 0. The maximum Gasteiger partial charge on any atom is 0.0278 e. The summed E-state index contributed by atoms with van der Waals surface area (Å²) >= 11 is 1.74. The average Bonchev–Trinajstić information content (AvgIpc) is 2.63. The van der Waals surface area contributed by atoms with Gasteiger partial charge in [0.15, 0.2) is 0 Å². The summed E-state index contributed by atoms with van der Waals surface area (Å²) in [5.41, 5.74) is 2.21. The Labute approximate surface area is 141 Å². The summed E-state index contributed by atoms with van der Waals surface area (Å²) in [6, 6.07) is 30.8. The SMILES string of the molecule is C(#Cc1ccccc1)/C=C(\Sc1ccccc1)c1ccccc1. The molecule has 3 aromatic rings. The quantitative estimate of drug-likeness (QED) is 0.430. The van der Waals surface area contributed by atoms with Gasteiger partial charge in [-0.2, -0.15) is 0 Å². The van der Waals surface area contributed by atoms with Crippen LogP contribution >= 0.6 is 11.8 Å². The van der Waals surface area contributed by atoms with Crippen molar-refractivity contribution in [2.24, 2.45) is 0 Å². The molecule has 1 heteroatoms. The van der Waals surface area contributed by atoms with Crippen LogP contribution in [0.5, 0.6) is 0 Å². The van der Waals surface area contributed by atoms with Gasteiger partial charge in [-0.3, -0.25) is 0 Å². The lowest BCUT2D eigenvalue weighted by molar-refractivity contribution is 1.47. The van der Waals surface area contributed by atoms with Crippen LogP contribution in [-0.2, 0) is 0 Å². The van der Waals surface area contributed by atoms with Crippen LogP contribution in [-0.4, -0.2) is 0 Å². The van der Waals surface area contributed by atoms with E-state index in [2.05, 4.69) is 60.4 Å². The first kappa shape index (κ1) is 15.2. The number of thioether (sulfide) groups is 1. The highest BCUT2D eigenvalue weighted by molar-refractivity contribution is 8.08. The molecule has 3 aromatic carbocycles. The molecule has 0 N–H and O–H groups in total. The van der Waals surface area contributed by atoms with E-state index in [9.17, 15) is 0 Å². The second kappa shape index (κ2) is 8.08. The van der Waals surface area contributed by atoms with Crippen molar-refractivity contribution in [2.45, 2.75) is 4.90 Å². The fraction of sp³-hybridized carbons (Fsp3) is 0. The maximum absolute atomic E-state index is 3.19. The minimum atomic E-state index is 1.03. The molecule has 0 atom stereocenters. The average molecular weight is 312 g/mol. The lowest BCUT2D eigenvalue weighted by Crippen LogP contribution is -1.80. The maximum atomic E-state index is 3.19. The monoisotopic (exact) mass is 312 g/mol. The van der Waals surface area contributed by atoms with E-state index in [1.807, 2.05) is 48.5 Å². The highest BCUT2D eigenvalue weighted by Crippen LogP contribution is 2.33. The molecule has 0 fully saturated rings. The van der Waals surface area contributed by atoms with Crippen molar-refractivity contribution in [2.75, 3.05) is 0 Å². The van der Waals surface area contributed by atoms with Crippen LogP contribution in [0.4, 0.5) is 0 Å². The summed E-state index contributed by atoms with van der Waals surface area (Å²) in [4.78, 5) is 2.37. The molecule has 0 aromatic heterocycles. The largest absolute Gasteiger partial charge is 0.0888 e. The Morgan fingerprint density at radius 1 is 0.696 bits per heavy atom. The van der Waals surface area contributed by atoms with Crippen LogP contribution in [0.1, 0.15) is 11.1 Å². The van der Waals surface area contributed by atoms with E-state index in [1.165, 1.54) is 10.5 Å². The van der Waals surface area contributed by atoms with Crippen LogP contribution in [0.25, 0.3) is 4.91 Å². The highest BCUT2D eigenvalue weighted by atomic mass is 32.2. The zero-order valence-electron chi connectivity index (χ0n) is 12.6. The molecule has 0 saturated carbocycles. The molecule has 0 unspecified atom stereocenters. The van der Waals surface area contributed by atoms with Gasteiger partial charge in [-0.15, -0.1) is 0 Å². The zero-order valence-corrected chi connectivity index (χ0v) is 13.5. The lowest BCUT2D eigenvalue weighted by atomic mass is 10.2. The van der Waals surface area contributed by atoms with Crippen molar-refractivity contribution in [1.29, 1.82) is 0 Å². The Hall–Kier alpha value is -2.69. The molecule has 0 aliphatic carbocycles. The zero-order chi connectivity index (χ0) is 15.7. The van der Waals surface area contributed by atoms with Crippen molar-refractivity contribution in [3.8, 4) is 11.8 Å². The first-order valence-corrected chi connectivity index (χ1v) is 8.28. The van der Waals surface area contributed by atoms with Gasteiger partial charge in [-0.05, 0) is 29.8 Å². The standard InChI is InChI=1S/C22H16S/c1-4-11-19(12-5-1)13-10-18-22(20-14-6-2-7-15-20)23-21-16-8-3-9-17-21/h1-9,11-12,14-18H/b22-18-. The van der Waals surface area contributed by atoms with Crippen molar-refractivity contribution in [3.05, 3.63) is 108 Å². The molecule has 0 amide bonds. The Kier molecular flexibility index (Phi) is 5.34. The predicted octanol–water partition coefficient (Wildman–Crippen LogP) is 5.87. The van der Waals surface area contributed by atoms with Gasteiger partial charge in [0, 0.05) is 21.4 Å². The molecule has 0 aliphatic rings. The van der Waals surface area contributed by atoms with Crippen LogP contribution in [0.2, 0.25) is 0 Å². The molecule has 0 bridgehead atoms. The number of hydrogen-bond donors (Lipinski definition) is 0. The molecular weight excluding hydrogens is 296 g/mol. The van der Waals surface area contributed by atoms with Gasteiger partial charge < -0.3 is 0 Å². The molecule has 23 heavy (non-hydrogen) atoms. The van der Waals surface area contributed by atoms with Crippen molar-refractivity contribution in [1.82, 2.24) is 0 Å². The molecule has 110 valence electrons. The van der Waals surface area contributed by atoms with E-state index in [4.69, 9.17) is 0 Å². The van der Waals surface area contributed by atoms with Gasteiger partial charge in [0.25, 0.3) is 0 Å². The van der Waals surface area contributed by atoms with Gasteiger partial charge >= 0.3 is 0 Å². The molecule has 3 rings (SSSR count). The van der Waals surface area contributed by atoms with E-state index in [0.29, 0.717) is 0 Å². The van der Waals surface area contributed by atoms with Gasteiger partial charge in [-0.25, -0.2) is 0 Å². The topological polar surface area (TPSA) is 0 Å². The van der Waals surface area contributed by atoms with E-state index >= 15 is 0 Å². The summed E-state index contributed by atoms with van der Waals surface area (Å²) < 4.78 is 0. The van der Waals surface area contributed by atoms with E-state index in [-0.39, 0.29) is 0 Å². The van der Waals surface area contributed by atoms with E-state index in [0.717, 1.165) is 10.5 Å². The molecule has 0 aliphatic heterocycles. The fourth-order valence-corrected chi connectivity index (χ4v) is 3.02. The summed E-state index contributed by atoms with van der Waals surface area (Å²) in [6.45, 7) is 0. The van der Waals surface area contributed by atoms with Gasteiger partial charge in [0.2, 0.25) is 0 Å². The minimum absolute atomic E-state index is 1.03. The number of benzene rings is 3. The first-order valence-electron chi connectivity index (χ1n) is 7.47. The van der Waals surface area contributed by atoms with Crippen molar-refractivity contribution < 1.29 is 0 Å². The predicted molar refractivity (Wildman–Crippen MR) is 100 cm³/mol. The second-order valence-electron chi connectivity index (χ2n) is 4.93. The fourth-order valence-electron chi connectivity index (χ4n) is 2.10. The van der Waals surface area contributed by atoms with Crippen LogP contribution in [0.15, 0.2) is 102 Å². The van der Waals surface area contributed by atoms with Gasteiger partial charge in [-0.1, -0.05) is 90.3 Å². The normalized spacial score (nSPS) is 10.7. The molecule has 0 radical (unpaired) electrons. The number of hydrogen-bond acceptors (Lipinski definition) is 1. The minimum Gasteiger partial charge on any atom is -0.0888 e. The van der Waals surface area contributed by atoms with E-state index in [1.54, 1.807) is 11.8 Å². The van der Waals surface area contributed by atoms with E-state index < -0.39 is 0 Å². The lowest BCUT2D eigenvalue weighted by Gasteiger charge is -2.06. The second-order valence-corrected chi connectivity index (χ2v) is 6.04.